The molecule has 3 heterocycles. The molecule has 244 valence electrons. The van der Waals surface area contributed by atoms with Crippen LogP contribution in [0.3, 0.4) is 0 Å². The van der Waals surface area contributed by atoms with E-state index in [1.54, 1.807) is 0 Å². The van der Waals surface area contributed by atoms with Gasteiger partial charge in [-0.3, -0.25) is 0 Å². The number of nitrogens with zero attached hydrogens (tertiary/aromatic N) is 4. The molecule has 0 atom stereocenters. The summed E-state index contributed by atoms with van der Waals surface area (Å²) in [5.74, 6) is 0. The molecule has 1 aliphatic heterocycles. The molecule has 0 radical (unpaired) electrons. The molecule has 1 aliphatic rings. The van der Waals surface area contributed by atoms with Crippen molar-refractivity contribution < 1.29 is 0 Å². The fourth-order valence-electron chi connectivity index (χ4n) is 8.46. The van der Waals surface area contributed by atoms with E-state index in [9.17, 15) is 0 Å². The van der Waals surface area contributed by atoms with Crippen LogP contribution in [0.4, 0.5) is 34.1 Å². The quantitative estimate of drug-likeness (QED) is 0.187. The summed E-state index contributed by atoms with van der Waals surface area (Å²) in [6.07, 6.45) is 0. The summed E-state index contributed by atoms with van der Waals surface area (Å²) in [5, 5.41) is 4.98. The van der Waals surface area contributed by atoms with E-state index in [0.717, 1.165) is 45.5 Å². The lowest BCUT2D eigenvalue weighted by Gasteiger charge is -2.32. The number of hydrogen-bond acceptors (Lipinski definition) is 2. The van der Waals surface area contributed by atoms with Crippen molar-refractivity contribution in [2.45, 2.75) is 0 Å². The maximum absolute atomic E-state index is 2.47. The Morgan fingerprint density at radius 1 is 0.231 bits per heavy atom. The summed E-state index contributed by atoms with van der Waals surface area (Å²) in [4.78, 5) is 4.86. The van der Waals surface area contributed by atoms with Crippen molar-refractivity contribution in [2.75, 3.05) is 9.80 Å². The van der Waals surface area contributed by atoms with Gasteiger partial charge in [-0.05, 0) is 84.9 Å². The predicted molar refractivity (Wildman–Crippen MR) is 218 cm³/mol. The van der Waals surface area contributed by atoms with E-state index in [4.69, 9.17) is 0 Å². The smallest absolute Gasteiger partial charge is 0.0783 e. The first kappa shape index (κ1) is 28.8. The highest BCUT2D eigenvalue weighted by Gasteiger charge is 2.29. The molecule has 0 spiro atoms. The lowest BCUT2D eigenvalue weighted by Crippen LogP contribution is -2.16. The minimum absolute atomic E-state index is 1.08. The average Bonchev–Trinajstić information content (AvgIpc) is 3.74. The molecule has 0 bridgehead atoms. The molecule has 0 aliphatic carbocycles. The second-order valence-corrected chi connectivity index (χ2v) is 13.4. The number of aromatic nitrogens is 2. The lowest BCUT2D eigenvalue weighted by atomic mass is 10.1. The van der Waals surface area contributed by atoms with Crippen LogP contribution in [0.5, 0.6) is 0 Å². The minimum Gasteiger partial charge on any atom is -0.309 e. The third-order valence-corrected chi connectivity index (χ3v) is 10.6. The fourth-order valence-corrected chi connectivity index (χ4v) is 8.46. The Kier molecular flexibility index (Phi) is 6.22. The Bertz CT molecular complexity index is 2920. The number of anilines is 6. The van der Waals surface area contributed by atoms with E-state index >= 15 is 0 Å². The van der Waals surface area contributed by atoms with Crippen molar-refractivity contribution in [3.8, 4) is 11.4 Å². The molecule has 0 saturated carbocycles. The van der Waals surface area contributed by atoms with Gasteiger partial charge in [0.2, 0.25) is 0 Å². The molecule has 0 amide bonds. The number of benzene rings is 8. The van der Waals surface area contributed by atoms with E-state index in [2.05, 4.69) is 213 Å². The average molecular weight is 665 g/mol. The Balaban J connectivity index is 1.23. The number of para-hydroxylation sites is 9. The standard InChI is InChI=1S/C48H32N4/c1-2-15-33(16-3-1)50-43-24-10-11-25-44(43)51(35-31-29-34(30-32-35)49-40-21-7-4-17-36(40)37-18-5-8-22-41(37)49)47-28-14-20-39-38-19-6-9-23-42(38)52(48(39)47)46-27-13-12-26-45(46)50/h1-32H. The molecule has 52 heavy (non-hydrogen) atoms. The van der Waals surface area contributed by atoms with Gasteiger partial charge in [0.15, 0.2) is 0 Å². The summed E-state index contributed by atoms with van der Waals surface area (Å²) in [6, 6.07) is 70.4. The zero-order valence-electron chi connectivity index (χ0n) is 28.3. The number of fused-ring (bicyclic) bond motifs is 9. The van der Waals surface area contributed by atoms with E-state index in [-0.39, 0.29) is 0 Å². The maximum atomic E-state index is 2.47. The van der Waals surface area contributed by atoms with Gasteiger partial charge in [0.25, 0.3) is 0 Å². The highest BCUT2D eigenvalue weighted by Crippen LogP contribution is 2.52. The first-order valence-corrected chi connectivity index (χ1v) is 17.8. The highest BCUT2D eigenvalue weighted by molar-refractivity contribution is 6.16. The van der Waals surface area contributed by atoms with Crippen molar-refractivity contribution >= 4 is 77.7 Å². The van der Waals surface area contributed by atoms with Crippen LogP contribution in [0.2, 0.25) is 0 Å². The monoisotopic (exact) mass is 664 g/mol. The maximum Gasteiger partial charge on any atom is 0.0783 e. The van der Waals surface area contributed by atoms with E-state index < -0.39 is 0 Å². The molecule has 10 aromatic rings. The number of hydrogen-bond donors (Lipinski definition) is 0. The summed E-state index contributed by atoms with van der Waals surface area (Å²) in [5.41, 5.74) is 13.6. The summed E-state index contributed by atoms with van der Waals surface area (Å²) < 4.78 is 4.85. The van der Waals surface area contributed by atoms with Crippen molar-refractivity contribution in [1.29, 1.82) is 0 Å². The van der Waals surface area contributed by atoms with Crippen LogP contribution in [0.25, 0.3) is 55.0 Å². The van der Waals surface area contributed by atoms with Gasteiger partial charge in [-0.25, -0.2) is 0 Å². The first-order valence-electron chi connectivity index (χ1n) is 17.8. The molecule has 11 rings (SSSR count). The third-order valence-electron chi connectivity index (χ3n) is 10.6. The molecule has 4 nitrogen and oxygen atoms in total. The Hall–Kier alpha value is -7.04. The van der Waals surface area contributed by atoms with E-state index in [1.165, 1.54) is 43.6 Å². The Labute approximate surface area is 301 Å². The molecular weight excluding hydrogens is 633 g/mol. The minimum atomic E-state index is 1.08. The zero-order chi connectivity index (χ0) is 34.2. The fraction of sp³-hybridized carbons (Fsp3) is 0. The van der Waals surface area contributed by atoms with Crippen LogP contribution in [0.15, 0.2) is 194 Å². The van der Waals surface area contributed by atoms with Gasteiger partial charge in [0.1, 0.15) is 0 Å². The topological polar surface area (TPSA) is 16.3 Å². The van der Waals surface area contributed by atoms with Gasteiger partial charge < -0.3 is 18.9 Å². The largest absolute Gasteiger partial charge is 0.309 e. The van der Waals surface area contributed by atoms with Crippen LogP contribution < -0.4 is 9.80 Å². The first-order chi connectivity index (χ1) is 25.8. The van der Waals surface area contributed by atoms with Crippen molar-refractivity contribution in [1.82, 2.24) is 9.13 Å². The molecule has 2 aromatic heterocycles. The van der Waals surface area contributed by atoms with Gasteiger partial charge in [0, 0.05) is 38.6 Å². The van der Waals surface area contributed by atoms with Crippen LogP contribution >= 0.6 is 0 Å². The molecule has 0 saturated heterocycles. The molecule has 0 N–H and O–H groups in total. The molecule has 8 aromatic carbocycles. The van der Waals surface area contributed by atoms with E-state index in [0.29, 0.717) is 0 Å². The van der Waals surface area contributed by atoms with Crippen molar-refractivity contribution in [3.63, 3.8) is 0 Å². The van der Waals surface area contributed by atoms with Gasteiger partial charge in [0.05, 0.1) is 50.5 Å². The van der Waals surface area contributed by atoms with E-state index in [1.807, 2.05) is 0 Å². The van der Waals surface area contributed by atoms with Crippen LogP contribution in [0, 0.1) is 0 Å². The molecule has 0 fully saturated rings. The van der Waals surface area contributed by atoms with Gasteiger partial charge >= 0.3 is 0 Å². The normalized spacial score (nSPS) is 12.5. The second kappa shape index (κ2) is 11.2. The zero-order valence-corrected chi connectivity index (χ0v) is 28.3. The van der Waals surface area contributed by atoms with Gasteiger partial charge in [-0.15, -0.1) is 0 Å². The number of rotatable bonds is 3. The van der Waals surface area contributed by atoms with Gasteiger partial charge in [-0.1, -0.05) is 109 Å². The predicted octanol–water partition coefficient (Wildman–Crippen LogP) is 13.1. The third kappa shape index (κ3) is 4.09. The van der Waals surface area contributed by atoms with Crippen LogP contribution in [0.1, 0.15) is 0 Å². The second-order valence-electron chi connectivity index (χ2n) is 13.4. The lowest BCUT2D eigenvalue weighted by molar-refractivity contribution is 1.15. The molecule has 0 unspecified atom stereocenters. The summed E-state index contributed by atoms with van der Waals surface area (Å²) in [6.45, 7) is 0. The van der Waals surface area contributed by atoms with Gasteiger partial charge in [-0.2, -0.15) is 0 Å². The Morgan fingerprint density at radius 2 is 0.615 bits per heavy atom. The summed E-state index contributed by atoms with van der Waals surface area (Å²) >= 11 is 0. The highest BCUT2D eigenvalue weighted by atomic mass is 15.2. The van der Waals surface area contributed by atoms with Crippen molar-refractivity contribution in [2.24, 2.45) is 0 Å². The SMILES string of the molecule is c1ccc(N2c3ccccc3N(c3ccc(-n4c5ccccc5c5ccccc54)cc3)c3cccc4c5ccccc5n(c34)-c3ccccc32)cc1. The molecule has 4 heteroatoms. The van der Waals surface area contributed by atoms with Crippen molar-refractivity contribution in [3.05, 3.63) is 194 Å². The molecular formula is C48H32N4. The summed E-state index contributed by atoms with van der Waals surface area (Å²) in [7, 11) is 0. The Morgan fingerprint density at radius 3 is 1.23 bits per heavy atom. The van der Waals surface area contributed by atoms with Crippen LogP contribution in [-0.4, -0.2) is 9.13 Å². The van der Waals surface area contributed by atoms with Crippen LogP contribution in [-0.2, 0) is 0 Å².